The molecule has 0 fully saturated rings. The van der Waals surface area contributed by atoms with E-state index in [0.29, 0.717) is 16.7 Å². The number of ether oxygens (including phenoxy) is 1. The van der Waals surface area contributed by atoms with E-state index < -0.39 is 0 Å². The molecule has 0 spiro atoms. The molecule has 0 unspecified atom stereocenters. The van der Waals surface area contributed by atoms with Gasteiger partial charge in [0.25, 0.3) is 0 Å². The molecular weight excluding hydrogens is 348 g/mol. The molecular formula is C19H20N4O2S. The Hall–Kier alpha value is -2.93. The van der Waals surface area contributed by atoms with Crippen LogP contribution in [0.15, 0.2) is 42.5 Å². The van der Waals surface area contributed by atoms with E-state index in [1.807, 2.05) is 57.2 Å². The summed E-state index contributed by atoms with van der Waals surface area (Å²) >= 11 is 1.28. The van der Waals surface area contributed by atoms with Crippen molar-refractivity contribution in [1.82, 2.24) is 10.2 Å². The first kappa shape index (κ1) is 17.9. The molecule has 1 aromatic heterocycles. The van der Waals surface area contributed by atoms with E-state index in [9.17, 15) is 4.79 Å². The number of nitrogens with one attached hydrogen (secondary N) is 2. The third kappa shape index (κ3) is 5.03. The fourth-order valence-corrected chi connectivity index (χ4v) is 3.07. The Morgan fingerprint density at radius 2 is 1.65 bits per heavy atom. The van der Waals surface area contributed by atoms with Gasteiger partial charge in [-0.05, 0) is 56.2 Å². The van der Waals surface area contributed by atoms with Gasteiger partial charge >= 0.3 is 6.03 Å². The monoisotopic (exact) mass is 368 g/mol. The molecule has 26 heavy (non-hydrogen) atoms. The van der Waals surface area contributed by atoms with Crippen molar-refractivity contribution < 1.29 is 9.53 Å². The second-order valence-electron chi connectivity index (χ2n) is 6.06. The molecule has 1 heterocycles. The number of carbonyl (C=O) groups excluding carboxylic acids is 1. The van der Waals surface area contributed by atoms with Crippen LogP contribution in [0.4, 0.5) is 15.6 Å². The van der Waals surface area contributed by atoms with Crippen LogP contribution in [-0.4, -0.2) is 16.2 Å². The molecule has 0 saturated carbocycles. The molecule has 6 nitrogen and oxygen atoms in total. The van der Waals surface area contributed by atoms with Gasteiger partial charge in [0.1, 0.15) is 12.4 Å². The number of benzene rings is 2. The number of carbonyl (C=O) groups is 1. The van der Waals surface area contributed by atoms with Crippen molar-refractivity contribution >= 4 is 28.2 Å². The SMILES string of the molecule is Cc1ccc(NC(=O)Nc2nnc(COc3cc(C)cc(C)c3)s2)cc1. The maximum atomic E-state index is 12.0. The second kappa shape index (κ2) is 7.97. The van der Waals surface area contributed by atoms with E-state index in [-0.39, 0.29) is 6.03 Å². The average Bonchev–Trinajstić information content (AvgIpc) is 3.01. The topological polar surface area (TPSA) is 76.1 Å². The van der Waals surface area contributed by atoms with Crippen LogP contribution in [0.3, 0.4) is 0 Å². The van der Waals surface area contributed by atoms with Crippen LogP contribution in [-0.2, 0) is 6.61 Å². The van der Waals surface area contributed by atoms with E-state index in [1.54, 1.807) is 0 Å². The maximum absolute atomic E-state index is 12.0. The maximum Gasteiger partial charge on any atom is 0.325 e. The molecule has 2 aromatic carbocycles. The molecule has 0 aliphatic heterocycles. The van der Waals surface area contributed by atoms with Crippen molar-refractivity contribution in [3.8, 4) is 5.75 Å². The highest BCUT2D eigenvalue weighted by atomic mass is 32.1. The predicted molar refractivity (Wildman–Crippen MR) is 104 cm³/mol. The summed E-state index contributed by atoms with van der Waals surface area (Å²) in [5.41, 5.74) is 4.14. The van der Waals surface area contributed by atoms with E-state index in [1.165, 1.54) is 11.3 Å². The summed E-state index contributed by atoms with van der Waals surface area (Å²) in [5, 5.41) is 14.6. The van der Waals surface area contributed by atoms with Crippen LogP contribution < -0.4 is 15.4 Å². The van der Waals surface area contributed by atoms with Gasteiger partial charge in [0.2, 0.25) is 5.13 Å². The van der Waals surface area contributed by atoms with Crippen LogP contribution in [0.2, 0.25) is 0 Å². The lowest BCUT2D eigenvalue weighted by Crippen LogP contribution is -2.19. The van der Waals surface area contributed by atoms with Crippen molar-refractivity contribution in [2.24, 2.45) is 0 Å². The van der Waals surface area contributed by atoms with Crippen molar-refractivity contribution in [2.75, 3.05) is 10.6 Å². The number of aryl methyl sites for hydroxylation is 3. The van der Waals surface area contributed by atoms with Gasteiger partial charge in [-0.15, -0.1) is 10.2 Å². The normalized spacial score (nSPS) is 10.4. The highest BCUT2D eigenvalue weighted by molar-refractivity contribution is 7.15. The molecule has 0 saturated heterocycles. The fraction of sp³-hybridized carbons (Fsp3) is 0.211. The van der Waals surface area contributed by atoms with Gasteiger partial charge in [0.05, 0.1) is 0 Å². The Balaban J connectivity index is 1.54. The Morgan fingerprint density at radius 3 is 2.35 bits per heavy atom. The zero-order chi connectivity index (χ0) is 18.5. The summed E-state index contributed by atoms with van der Waals surface area (Å²) in [7, 11) is 0. The molecule has 2 amide bonds. The molecule has 3 rings (SSSR count). The first-order valence-electron chi connectivity index (χ1n) is 8.16. The Bertz CT molecular complexity index is 886. The van der Waals surface area contributed by atoms with Crippen molar-refractivity contribution in [2.45, 2.75) is 27.4 Å². The number of anilines is 2. The lowest BCUT2D eigenvalue weighted by molar-refractivity contribution is 0.262. The molecule has 0 aliphatic rings. The minimum Gasteiger partial charge on any atom is -0.486 e. The molecule has 0 aliphatic carbocycles. The number of nitrogens with zero attached hydrogens (tertiary/aromatic N) is 2. The van der Waals surface area contributed by atoms with Crippen LogP contribution in [0.25, 0.3) is 0 Å². The third-order valence-corrected chi connectivity index (χ3v) is 4.37. The highest BCUT2D eigenvalue weighted by Gasteiger charge is 2.09. The summed E-state index contributed by atoms with van der Waals surface area (Å²) in [4.78, 5) is 12.0. The first-order valence-corrected chi connectivity index (χ1v) is 8.98. The Kier molecular flexibility index (Phi) is 5.48. The quantitative estimate of drug-likeness (QED) is 0.685. The van der Waals surface area contributed by atoms with Crippen LogP contribution in [0.1, 0.15) is 21.7 Å². The van der Waals surface area contributed by atoms with Gasteiger partial charge in [0, 0.05) is 5.69 Å². The number of hydrogen-bond donors (Lipinski definition) is 2. The fourth-order valence-electron chi connectivity index (χ4n) is 2.42. The number of aromatic nitrogens is 2. The van der Waals surface area contributed by atoms with Crippen molar-refractivity contribution in [3.05, 3.63) is 64.2 Å². The average molecular weight is 368 g/mol. The van der Waals surface area contributed by atoms with Crippen LogP contribution >= 0.6 is 11.3 Å². The van der Waals surface area contributed by atoms with Gasteiger partial charge in [-0.25, -0.2) is 4.79 Å². The lowest BCUT2D eigenvalue weighted by atomic mass is 10.1. The standard InChI is InChI=1S/C19H20N4O2S/c1-12-4-6-15(7-5-12)20-18(24)21-19-23-22-17(26-19)11-25-16-9-13(2)8-14(3)10-16/h4-10H,11H2,1-3H3,(H2,20,21,23,24). The number of urea groups is 1. The Labute approximate surface area is 156 Å². The lowest BCUT2D eigenvalue weighted by Gasteiger charge is -2.06. The number of hydrogen-bond acceptors (Lipinski definition) is 5. The summed E-state index contributed by atoms with van der Waals surface area (Å²) in [6.07, 6.45) is 0. The third-order valence-electron chi connectivity index (χ3n) is 3.55. The summed E-state index contributed by atoms with van der Waals surface area (Å²) in [6, 6.07) is 13.2. The van der Waals surface area contributed by atoms with E-state index in [4.69, 9.17) is 4.74 Å². The summed E-state index contributed by atoms with van der Waals surface area (Å²) in [6.45, 7) is 6.35. The van der Waals surface area contributed by atoms with Crippen LogP contribution in [0, 0.1) is 20.8 Å². The minimum absolute atomic E-state index is 0.307. The first-order chi connectivity index (χ1) is 12.5. The largest absolute Gasteiger partial charge is 0.486 e. The molecule has 0 atom stereocenters. The molecule has 7 heteroatoms. The van der Waals surface area contributed by atoms with Gasteiger partial charge in [-0.1, -0.05) is 35.1 Å². The smallest absolute Gasteiger partial charge is 0.325 e. The number of rotatable bonds is 5. The van der Waals surface area contributed by atoms with Crippen LogP contribution in [0.5, 0.6) is 5.75 Å². The zero-order valence-electron chi connectivity index (χ0n) is 14.9. The van der Waals surface area contributed by atoms with Crippen molar-refractivity contribution in [3.63, 3.8) is 0 Å². The predicted octanol–water partition coefficient (Wildman–Crippen LogP) is 4.69. The zero-order valence-corrected chi connectivity index (χ0v) is 15.7. The second-order valence-corrected chi connectivity index (χ2v) is 7.12. The Morgan fingerprint density at radius 1 is 0.962 bits per heavy atom. The molecule has 3 aromatic rings. The van der Waals surface area contributed by atoms with Gasteiger partial charge < -0.3 is 10.1 Å². The number of amides is 2. The van der Waals surface area contributed by atoms with Gasteiger partial charge in [0.15, 0.2) is 5.01 Å². The van der Waals surface area contributed by atoms with E-state index >= 15 is 0 Å². The molecule has 0 bridgehead atoms. The van der Waals surface area contributed by atoms with Gasteiger partial charge in [-0.2, -0.15) is 0 Å². The minimum atomic E-state index is -0.355. The highest BCUT2D eigenvalue weighted by Crippen LogP contribution is 2.20. The summed E-state index contributed by atoms with van der Waals surface area (Å²) < 4.78 is 5.76. The van der Waals surface area contributed by atoms with Crippen molar-refractivity contribution in [1.29, 1.82) is 0 Å². The van der Waals surface area contributed by atoms with Gasteiger partial charge in [-0.3, -0.25) is 5.32 Å². The summed E-state index contributed by atoms with van der Waals surface area (Å²) in [5.74, 6) is 0.796. The van der Waals surface area contributed by atoms with E-state index in [2.05, 4.69) is 26.9 Å². The molecule has 2 N–H and O–H groups in total. The molecule has 0 radical (unpaired) electrons. The van der Waals surface area contributed by atoms with E-state index in [0.717, 1.165) is 28.1 Å². The molecule has 134 valence electrons.